The molecule has 1 aromatic rings. The Kier molecular flexibility index (Phi) is 7.88. The molecule has 132 valence electrons. The first-order chi connectivity index (χ1) is 11.6. The van der Waals surface area contributed by atoms with Crippen molar-refractivity contribution in [1.82, 2.24) is 10.6 Å². The molecule has 1 fully saturated rings. The van der Waals surface area contributed by atoms with Crippen LogP contribution < -0.4 is 10.6 Å². The Hall–Kier alpha value is -1.24. The van der Waals surface area contributed by atoms with Crippen LogP contribution in [0.5, 0.6) is 0 Å². The molecule has 7 heteroatoms. The average Bonchev–Trinajstić information content (AvgIpc) is 3.10. The summed E-state index contributed by atoms with van der Waals surface area (Å²) in [6.07, 6.45) is 4.60. The van der Waals surface area contributed by atoms with Gasteiger partial charge in [-0.2, -0.15) is 11.8 Å². The fraction of sp³-hybridized carbons (Fsp3) is 0.529. The van der Waals surface area contributed by atoms with E-state index < -0.39 is 6.04 Å². The molecule has 24 heavy (non-hydrogen) atoms. The minimum absolute atomic E-state index is 0.0782. The maximum Gasteiger partial charge on any atom is 0.253 e. The molecular formula is C17H23ClN2O3S. The van der Waals surface area contributed by atoms with E-state index in [2.05, 4.69) is 10.6 Å². The molecule has 1 aliphatic heterocycles. The van der Waals surface area contributed by atoms with E-state index >= 15 is 0 Å². The van der Waals surface area contributed by atoms with Crippen LogP contribution in [0.1, 0.15) is 29.6 Å². The van der Waals surface area contributed by atoms with E-state index in [0.29, 0.717) is 23.6 Å². The zero-order valence-corrected chi connectivity index (χ0v) is 15.3. The van der Waals surface area contributed by atoms with Crippen LogP contribution in [-0.4, -0.2) is 49.1 Å². The second-order valence-electron chi connectivity index (χ2n) is 5.67. The molecule has 0 unspecified atom stereocenters. The average molecular weight is 371 g/mol. The van der Waals surface area contributed by atoms with Crippen molar-refractivity contribution in [2.45, 2.75) is 31.4 Å². The molecule has 0 spiro atoms. The zero-order chi connectivity index (χ0) is 17.4. The van der Waals surface area contributed by atoms with Gasteiger partial charge in [-0.05, 0) is 43.4 Å². The van der Waals surface area contributed by atoms with Gasteiger partial charge in [-0.15, -0.1) is 0 Å². The lowest BCUT2D eigenvalue weighted by molar-refractivity contribution is -0.123. The van der Waals surface area contributed by atoms with E-state index in [1.165, 1.54) is 0 Å². The molecule has 2 amide bonds. The number of carbonyl (C=O) groups is 2. The van der Waals surface area contributed by atoms with Crippen molar-refractivity contribution in [3.05, 3.63) is 34.9 Å². The Balaban J connectivity index is 1.94. The van der Waals surface area contributed by atoms with Gasteiger partial charge in [-0.1, -0.05) is 23.7 Å². The number of thioether (sulfide) groups is 1. The van der Waals surface area contributed by atoms with Crippen LogP contribution in [0, 0.1) is 0 Å². The van der Waals surface area contributed by atoms with E-state index in [9.17, 15) is 9.59 Å². The van der Waals surface area contributed by atoms with Crippen molar-refractivity contribution < 1.29 is 14.3 Å². The standard InChI is InChI=1S/C17H23ClN2O3S/c1-24-10-8-15(17(22)19-11-12-5-4-9-23-12)20-16(21)13-6-2-3-7-14(13)18/h2-3,6-7,12,15H,4-5,8-11H2,1H3,(H,19,22)(H,20,21)/t12-,15+/m0/s1. The molecule has 0 aliphatic carbocycles. The zero-order valence-electron chi connectivity index (χ0n) is 13.7. The molecule has 2 N–H and O–H groups in total. The molecule has 5 nitrogen and oxygen atoms in total. The molecule has 0 bridgehead atoms. The minimum atomic E-state index is -0.581. The molecular weight excluding hydrogens is 348 g/mol. The van der Waals surface area contributed by atoms with Gasteiger partial charge < -0.3 is 15.4 Å². The molecule has 2 rings (SSSR count). The van der Waals surface area contributed by atoms with Gasteiger partial charge in [0.25, 0.3) is 5.91 Å². The number of hydrogen-bond acceptors (Lipinski definition) is 4. The van der Waals surface area contributed by atoms with Crippen LogP contribution >= 0.6 is 23.4 Å². The lowest BCUT2D eigenvalue weighted by atomic mass is 10.1. The van der Waals surface area contributed by atoms with Crippen LogP contribution in [0.3, 0.4) is 0 Å². The molecule has 1 aromatic carbocycles. The van der Waals surface area contributed by atoms with Crippen LogP contribution in [0.25, 0.3) is 0 Å². The summed E-state index contributed by atoms with van der Waals surface area (Å²) in [7, 11) is 0. The van der Waals surface area contributed by atoms with Crippen LogP contribution in [0.4, 0.5) is 0 Å². The fourth-order valence-electron chi connectivity index (χ4n) is 2.53. The lowest BCUT2D eigenvalue weighted by Crippen LogP contribution is -2.48. The van der Waals surface area contributed by atoms with E-state index in [4.69, 9.17) is 16.3 Å². The van der Waals surface area contributed by atoms with Crippen molar-refractivity contribution in [1.29, 1.82) is 0 Å². The van der Waals surface area contributed by atoms with Crippen LogP contribution in [0.2, 0.25) is 5.02 Å². The van der Waals surface area contributed by atoms with Crippen molar-refractivity contribution in [2.24, 2.45) is 0 Å². The second kappa shape index (κ2) is 9.91. The monoisotopic (exact) mass is 370 g/mol. The van der Waals surface area contributed by atoms with Crippen molar-refractivity contribution in [3.63, 3.8) is 0 Å². The number of hydrogen-bond donors (Lipinski definition) is 2. The maximum atomic E-state index is 12.4. The number of amides is 2. The number of rotatable bonds is 8. The van der Waals surface area contributed by atoms with Crippen molar-refractivity contribution in [2.75, 3.05) is 25.2 Å². The summed E-state index contributed by atoms with van der Waals surface area (Å²) < 4.78 is 5.51. The summed E-state index contributed by atoms with van der Waals surface area (Å²) in [6, 6.07) is 6.23. The van der Waals surface area contributed by atoms with Gasteiger partial charge >= 0.3 is 0 Å². The first kappa shape index (κ1) is 19.1. The molecule has 0 saturated carbocycles. The lowest BCUT2D eigenvalue weighted by Gasteiger charge is -2.19. The van der Waals surface area contributed by atoms with Crippen molar-refractivity contribution >= 4 is 35.2 Å². The maximum absolute atomic E-state index is 12.4. The molecule has 1 aliphatic rings. The normalized spacial score (nSPS) is 18.2. The Labute approximate surface area is 151 Å². The minimum Gasteiger partial charge on any atom is -0.376 e. The Morgan fingerprint density at radius 2 is 2.21 bits per heavy atom. The molecule has 1 heterocycles. The van der Waals surface area contributed by atoms with Crippen LogP contribution in [0.15, 0.2) is 24.3 Å². The predicted molar refractivity (Wildman–Crippen MR) is 97.7 cm³/mol. The topological polar surface area (TPSA) is 67.4 Å². The van der Waals surface area contributed by atoms with Crippen molar-refractivity contribution in [3.8, 4) is 0 Å². The highest BCUT2D eigenvalue weighted by Gasteiger charge is 2.23. The number of ether oxygens (including phenoxy) is 1. The Morgan fingerprint density at radius 1 is 1.42 bits per heavy atom. The van der Waals surface area contributed by atoms with Gasteiger partial charge in [0.2, 0.25) is 5.91 Å². The fourth-order valence-corrected chi connectivity index (χ4v) is 3.22. The highest BCUT2D eigenvalue weighted by Crippen LogP contribution is 2.15. The third kappa shape index (κ3) is 5.69. The molecule has 2 atom stereocenters. The van der Waals surface area contributed by atoms with E-state index in [-0.39, 0.29) is 17.9 Å². The number of halogens is 1. The SMILES string of the molecule is CSCC[C@@H](NC(=O)c1ccccc1Cl)C(=O)NC[C@@H]1CCCO1. The largest absolute Gasteiger partial charge is 0.376 e. The second-order valence-corrected chi connectivity index (χ2v) is 7.06. The van der Waals surface area contributed by atoms with E-state index in [1.54, 1.807) is 36.0 Å². The first-order valence-electron chi connectivity index (χ1n) is 8.05. The van der Waals surface area contributed by atoms with Gasteiger partial charge in [0.15, 0.2) is 0 Å². The highest BCUT2D eigenvalue weighted by molar-refractivity contribution is 7.98. The number of carbonyl (C=O) groups excluding carboxylic acids is 2. The molecule has 0 radical (unpaired) electrons. The quantitative estimate of drug-likeness (QED) is 0.737. The van der Waals surface area contributed by atoms with Gasteiger partial charge in [-0.25, -0.2) is 0 Å². The van der Waals surface area contributed by atoms with E-state index in [0.717, 1.165) is 25.2 Å². The summed E-state index contributed by atoms with van der Waals surface area (Å²) in [6.45, 7) is 1.23. The number of benzene rings is 1. The van der Waals surface area contributed by atoms with Crippen LogP contribution in [-0.2, 0) is 9.53 Å². The summed E-state index contributed by atoms with van der Waals surface area (Å²) >= 11 is 7.69. The van der Waals surface area contributed by atoms with Gasteiger partial charge in [-0.3, -0.25) is 9.59 Å². The summed E-state index contributed by atoms with van der Waals surface area (Å²) in [4.78, 5) is 24.8. The molecule has 1 saturated heterocycles. The Morgan fingerprint density at radius 3 is 2.88 bits per heavy atom. The van der Waals surface area contributed by atoms with Gasteiger partial charge in [0.1, 0.15) is 6.04 Å². The third-order valence-electron chi connectivity index (χ3n) is 3.88. The highest BCUT2D eigenvalue weighted by atomic mass is 35.5. The smallest absolute Gasteiger partial charge is 0.253 e. The summed E-state index contributed by atoms with van der Waals surface area (Å²) in [5, 5.41) is 6.05. The number of nitrogens with one attached hydrogen (secondary N) is 2. The molecule has 0 aromatic heterocycles. The summed E-state index contributed by atoms with van der Waals surface area (Å²) in [5.74, 6) is 0.264. The summed E-state index contributed by atoms with van der Waals surface area (Å²) in [5.41, 5.74) is 0.375. The van der Waals surface area contributed by atoms with E-state index in [1.807, 2.05) is 6.26 Å². The Bertz CT molecular complexity index is 565. The van der Waals surface area contributed by atoms with Gasteiger partial charge in [0.05, 0.1) is 16.7 Å². The third-order valence-corrected chi connectivity index (χ3v) is 4.85. The van der Waals surface area contributed by atoms with Gasteiger partial charge in [0, 0.05) is 13.2 Å². The first-order valence-corrected chi connectivity index (χ1v) is 9.82. The predicted octanol–water partition coefficient (Wildman–Crippen LogP) is 2.49.